The van der Waals surface area contributed by atoms with E-state index in [-0.39, 0.29) is 36.3 Å². The number of carbonyl (C=O) groups is 2. The molecular formula is C21H23FN4O4. The van der Waals surface area contributed by atoms with Crippen LogP contribution in [0.1, 0.15) is 19.3 Å². The molecule has 2 amide bonds. The second-order valence-corrected chi connectivity index (χ2v) is 7.45. The second kappa shape index (κ2) is 8.64. The predicted octanol–water partition coefficient (Wildman–Crippen LogP) is 2.05. The van der Waals surface area contributed by atoms with Crippen LogP contribution in [-0.4, -0.2) is 59.5 Å². The van der Waals surface area contributed by atoms with Crippen LogP contribution in [0.15, 0.2) is 36.7 Å². The van der Waals surface area contributed by atoms with E-state index >= 15 is 0 Å². The maximum absolute atomic E-state index is 13.1. The quantitative estimate of drug-likeness (QED) is 0.745. The molecule has 2 fully saturated rings. The monoisotopic (exact) mass is 414 g/mol. The normalized spacial score (nSPS) is 21.6. The summed E-state index contributed by atoms with van der Waals surface area (Å²) in [6, 6.07) is 7.31. The Balaban J connectivity index is 1.37. The topological polar surface area (TPSA) is 84.9 Å². The maximum atomic E-state index is 13.1. The lowest BCUT2D eigenvalue weighted by Gasteiger charge is -2.33. The van der Waals surface area contributed by atoms with Gasteiger partial charge in [-0.05, 0) is 37.1 Å². The van der Waals surface area contributed by atoms with E-state index in [4.69, 9.17) is 9.47 Å². The SMILES string of the molecule is COc1ccc(N2CC(C(=O)N3CCCC(Oc4ncc(F)cn4)C3)CC2=O)cc1. The number of amides is 2. The smallest absolute Gasteiger partial charge is 0.316 e. The van der Waals surface area contributed by atoms with Gasteiger partial charge in [-0.1, -0.05) is 0 Å². The molecule has 8 nitrogen and oxygen atoms in total. The Bertz CT molecular complexity index is 906. The van der Waals surface area contributed by atoms with Crippen LogP contribution >= 0.6 is 0 Å². The molecule has 2 atom stereocenters. The number of ether oxygens (including phenoxy) is 2. The van der Waals surface area contributed by atoms with Crippen LogP contribution in [-0.2, 0) is 9.59 Å². The first-order chi connectivity index (χ1) is 14.5. The molecule has 0 N–H and O–H groups in total. The van der Waals surface area contributed by atoms with Crippen LogP contribution in [0, 0.1) is 11.7 Å². The van der Waals surface area contributed by atoms with Crippen molar-refractivity contribution in [3.63, 3.8) is 0 Å². The number of likely N-dealkylation sites (tertiary alicyclic amines) is 1. The van der Waals surface area contributed by atoms with Crippen molar-refractivity contribution in [3.05, 3.63) is 42.5 Å². The Kier molecular flexibility index (Phi) is 5.78. The highest BCUT2D eigenvalue weighted by Crippen LogP contribution is 2.28. The fourth-order valence-electron chi connectivity index (χ4n) is 3.89. The molecule has 1 aromatic carbocycles. The molecular weight excluding hydrogens is 391 g/mol. The molecule has 2 aromatic rings. The van der Waals surface area contributed by atoms with E-state index in [0.29, 0.717) is 25.4 Å². The number of carbonyl (C=O) groups excluding carboxylic acids is 2. The first-order valence-electron chi connectivity index (χ1n) is 9.91. The molecule has 3 heterocycles. The maximum Gasteiger partial charge on any atom is 0.316 e. The Hall–Kier alpha value is -3.23. The van der Waals surface area contributed by atoms with Crippen molar-refractivity contribution >= 4 is 17.5 Å². The summed E-state index contributed by atoms with van der Waals surface area (Å²) in [7, 11) is 1.59. The molecule has 2 unspecified atom stereocenters. The fourth-order valence-corrected chi connectivity index (χ4v) is 3.89. The van der Waals surface area contributed by atoms with Gasteiger partial charge in [-0.2, -0.15) is 0 Å². The molecule has 0 saturated carbocycles. The molecule has 2 aliphatic rings. The number of hydrogen-bond acceptors (Lipinski definition) is 6. The zero-order chi connectivity index (χ0) is 21.1. The van der Waals surface area contributed by atoms with Crippen molar-refractivity contribution in [1.82, 2.24) is 14.9 Å². The van der Waals surface area contributed by atoms with Gasteiger partial charge >= 0.3 is 6.01 Å². The summed E-state index contributed by atoms with van der Waals surface area (Å²) in [5, 5.41) is 0. The molecule has 9 heteroatoms. The minimum atomic E-state index is -0.532. The van der Waals surface area contributed by atoms with Crippen molar-refractivity contribution in [2.45, 2.75) is 25.4 Å². The van der Waals surface area contributed by atoms with E-state index in [9.17, 15) is 14.0 Å². The van der Waals surface area contributed by atoms with Crippen LogP contribution in [0.5, 0.6) is 11.8 Å². The van der Waals surface area contributed by atoms with Crippen molar-refractivity contribution in [3.8, 4) is 11.8 Å². The third-order valence-electron chi connectivity index (χ3n) is 5.42. The van der Waals surface area contributed by atoms with Gasteiger partial charge in [-0.25, -0.2) is 14.4 Å². The zero-order valence-corrected chi connectivity index (χ0v) is 16.7. The summed E-state index contributed by atoms with van der Waals surface area (Å²) in [5.41, 5.74) is 0.754. The number of nitrogens with zero attached hydrogens (tertiary/aromatic N) is 4. The lowest BCUT2D eigenvalue weighted by molar-refractivity contribution is -0.138. The predicted molar refractivity (Wildman–Crippen MR) is 106 cm³/mol. The van der Waals surface area contributed by atoms with E-state index in [1.807, 2.05) is 12.1 Å². The van der Waals surface area contributed by atoms with E-state index in [1.54, 1.807) is 29.0 Å². The zero-order valence-electron chi connectivity index (χ0n) is 16.7. The average Bonchev–Trinajstić information content (AvgIpc) is 3.16. The Morgan fingerprint density at radius 2 is 1.90 bits per heavy atom. The first kappa shape index (κ1) is 20.1. The van der Waals surface area contributed by atoms with Gasteiger partial charge in [0.25, 0.3) is 0 Å². The Morgan fingerprint density at radius 1 is 1.17 bits per heavy atom. The Labute approximate surface area is 173 Å². The Morgan fingerprint density at radius 3 is 2.60 bits per heavy atom. The van der Waals surface area contributed by atoms with Gasteiger partial charge < -0.3 is 19.3 Å². The summed E-state index contributed by atoms with van der Waals surface area (Å²) < 4.78 is 23.8. The van der Waals surface area contributed by atoms with Crippen LogP contribution in [0.3, 0.4) is 0 Å². The third-order valence-corrected chi connectivity index (χ3v) is 5.42. The minimum absolute atomic E-state index is 0.0484. The first-order valence-corrected chi connectivity index (χ1v) is 9.91. The summed E-state index contributed by atoms with van der Waals surface area (Å²) in [6.07, 6.45) is 3.56. The van der Waals surface area contributed by atoms with Gasteiger partial charge in [0.05, 0.1) is 32.0 Å². The molecule has 0 spiro atoms. The van der Waals surface area contributed by atoms with Crippen LogP contribution < -0.4 is 14.4 Å². The van der Waals surface area contributed by atoms with E-state index in [0.717, 1.165) is 30.9 Å². The van der Waals surface area contributed by atoms with Crippen molar-refractivity contribution in [2.24, 2.45) is 5.92 Å². The fraction of sp³-hybridized carbons (Fsp3) is 0.429. The molecule has 30 heavy (non-hydrogen) atoms. The van der Waals surface area contributed by atoms with Gasteiger partial charge in [0.15, 0.2) is 5.82 Å². The lowest BCUT2D eigenvalue weighted by atomic mass is 10.0. The molecule has 0 aliphatic carbocycles. The highest BCUT2D eigenvalue weighted by molar-refractivity contribution is 6.00. The third kappa shape index (κ3) is 4.34. The van der Waals surface area contributed by atoms with E-state index in [1.165, 1.54) is 0 Å². The van der Waals surface area contributed by atoms with Crippen molar-refractivity contribution in [1.29, 1.82) is 0 Å². The minimum Gasteiger partial charge on any atom is -0.497 e. The number of benzene rings is 1. The number of rotatable bonds is 5. The van der Waals surface area contributed by atoms with Crippen LogP contribution in [0.25, 0.3) is 0 Å². The molecule has 0 bridgehead atoms. The number of hydrogen-bond donors (Lipinski definition) is 0. The van der Waals surface area contributed by atoms with Gasteiger partial charge in [0.1, 0.15) is 11.9 Å². The highest BCUT2D eigenvalue weighted by Gasteiger charge is 2.38. The highest BCUT2D eigenvalue weighted by atomic mass is 19.1. The lowest BCUT2D eigenvalue weighted by Crippen LogP contribution is -2.47. The number of piperidine rings is 1. The van der Waals surface area contributed by atoms with E-state index in [2.05, 4.69) is 9.97 Å². The molecule has 158 valence electrons. The number of halogens is 1. The van der Waals surface area contributed by atoms with Crippen molar-refractivity contribution in [2.75, 3.05) is 31.6 Å². The van der Waals surface area contributed by atoms with Gasteiger partial charge in [-0.3, -0.25) is 9.59 Å². The molecule has 0 radical (unpaired) electrons. The molecule has 2 aliphatic heterocycles. The van der Waals surface area contributed by atoms with Crippen molar-refractivity contribution < 1.29 is 23.5 Å². The summed E-state index contributed by atoms with van der Waals surface area (Å²) in [4.78, 5) is 36.6. The number of methoxy groups -OCH3 is 1. The summed E-state index contributed by atoms with van der Waals surface area (Å²) in [6.45, 7) is 1.37. The molecule has 2 saturated heterocycles. The second-order valence-electron chi connectivity index (χ2n) is 7.45. The summed E-state index contributed by atoms with van der Waals surface area (Å²) in [5.74, 6) is -0.325. The standard InChI is InChI=1S/C21H23FN4O4/c1-29-17-6-4-16(5-7-17)26-12-14(9-19(26)27)20(28)25-8-2-3-18(13-25)30-21-23-10-15(22)11-24-21/h4-7,10-11,14,18H,2-3,8-9,12-13H2,1H3. The van der Waals surface area contributed by atoms with Gasteiger partial charge in [0.2, 0.25) is 11.8 Å². The number of aromatic nitrogens is 2. The largest absolute Gasteiger partial charge is 0.497 e. The van der Waals surface area contributed by atoms with Crippen LogP contribution in [0.2, 0.25) is 0 Å². The molecule has 4 rings (SSSR count). The number of anilines is 1. The van der Waals surface area contributed by atoms with E-state index < -0.39 is 5.82 Å². The van der Waals surface area contributed by atoms with Crippen LogP contribution in [0.4, 0.5) is 10.1 Å². The van der Waals surface area contributed by atoms with Gasteiger partial charge in [-0.15, -0.1) is 0 Å². The molecule has 1 aromatic heterocycles. The average molecular weight is 414 g/mol. The summed E-state index contributed by atoms with van der Waals surface area (Å²) >= 11 is 0. The van der Waals surface area contributed by atoms with Gasteiger partial charge in [0, 0.05) is 25.2 Å².